The largest absolute Gasteiger partial charge is 0.425 e. The maximum atomic E-state index is 13.1. The maximum absolute atomic E-state index is 13.1. The minimum absolute atomic E-state index is 0.107. The number of rotatable bonds is 4. The lowest BCUT2D eigenvalue weighted by molar-refractivity contribution is -0.139. The summed E-state index contributed by atoms with van der Waals surface area (Å²) in [6, 6.07) is 22.7. The highest BCUT2D eigenvalue weighted by Gasteiger charge is 2.41. The fourth-order valence-electron chi connectivity index (χ4n) is 4.87. The minimum Gasteiger partial charge on any atom is -0.425 e. The molecule has 3 aromatic rings. The summed E-state index contributed by atoms with van der Waals surface area (Å²) in [6.07, 6.45) is 4.70. The van der Waals surface area contributed by atoms with Crippen LogP contribution in [0.1, 0.15) is 45.5 Å². The van der Waals surface area contributed by atoms with Crippen LogP contribution in [0.3, 0.4) is 0 Å². The summed E-state index contributed by atoms with van der Waals surface area (Å²) in [7, 11) is 1.62. The smallest absolute Gasteiger partial charge is 0.322 e. The molecule has 3 aromatic carbocycles. The van der Waals surface area contributed by atoms with E-state index in [1.54, 1.807) is 31.3 Å². The Morgan fingerprint density at radius 2 is 1.53 bits per heavy atom. The number of allylic oxidation sites excluding steroid dienone is 2. The first-order chi connectivity index (χ1) is 16.5. The number of amides is 1. The lowest BCUT2D eigenvalue weighted by Gasteiger charge is -2.30. The molecule has 0 bridgehead atoms. The number of hydrogen-bond acceptors (Lipinski definition) is 4. The first-order valence-electron chi connectivity index (χ1n) is 11.5. The van der Waals surface area contributed by atoms with Gasteiger partial charge in [0.15, 0.2) is 5.78 Å². The molecule has 170 valence electrons. The van der Waals surface area contributed by atoms with E-state index in [2.05, 4.69) is 35.7 Å². The molecule has 0 saturated heterocycles. The zero-order chi connectivity index (χ0) is 23.7. The third-order valence-corrected chi connectivity index (χ3v) is 6.69. The van der Waals surface area contributed by atoms with Gasteiger partial charge >= 0.3 is 5.97 Å². The van der Waals surface area contributed by atoms with E-state index in [-0.39, 0.29) is 17.6 Å². The molecule has 0 aromatic heterocycles. The van der Waals surface area contributed by atoms with Crippen molar-refractivity contribution in [2.45, 2.75) is 19.3 Å². The molecule has 2 atom stereocenters. The molecule has 34 heavy (non-hydrogen) atoms. The molecule has 2 unspecified atom stereocenters. The van der Waals surface area contributed by atoms with Crippen LogP contribution >= 0.6 is 0 Å². The van der Waals surface area contributed by atoms with Crippen LogP contribution in [0, 0.1) is 11.8 Å². The van der Waals surface area contributed by atoms with E-state index in [0.717, 1.165) is 41.5 Å². The predicted octanol–water partition coefficient (Wildman–Crippen LogP) is 5.31. The van der Waals surface area contributed by atoms with E-state index in [0.29, 0.717) is 16.9 Å². The molecule has 2 aliphatic rings. The van der Waals surface area contributed by atoms with E-state index in [4.69, 9.17) is 4.74 Å². The quantitative estimate of drug-likeness (QED) is 0.331. The summed E-state index contributed by atoms with van der Waals surface area (Å²) in [5, 5.41) is 2.63. The number of carbonyl (C=O) groups excluding carboxylic acids is 3. The molecule has 5 nitrogen and oxygen atoms in total. The second-order valence-corrected chi connectivity index (χ2v) is 8.74. The number of para-hydroxylation sites is 1. The Hall–Kier alpha value is -3.99. The molecule has 0 fully saturated rings. The van der Waals surface area contributed by atoms with Gasteiger partial charge in [0.1, 0.15) is 11.7 Å². The predicted molar refractivity (Wildman–Crippen MR) is 130 cm³/mol. The van der Waals surface area contributed by atoms with Gasteiger partial charge in [0, 0.05) is 12.6 Å². The minimum atomic E-state index is -0.789. The van der Waals surface area contributed by atoms with Crippen molar-refractivity contribution in [2.24, 2.45) is 11.8 Å². The number of benzene rings is 3. The Morgan fingerprint density at radius 1 is 0.882 bits per heavy atom. The van der Waals surface area contributed by atoms with Crippen molar-refractivity contribution in [3.8, 4) is 16.9 Å². The molecule has 1 aliphatic carbocycles. The normalized spacial score (nSPS) is 19.6. The molecule has 1 amide bonds. The highest BCUT2D eigenvalue weighted by molar-refractivity contribution is 6.13. The van der Waals surface area contributed by atoms with Gasteiger partial charge in [-0.2, -0.15) is 0 Å². The monoisotopic (exact) mass is 451 g/mol. The summed E-state index contributed by atoms with van der Waals surface area (Å²) < 4.78 is 5.49. The maximum Gasteiger partial charge on any atom is 0.322 e. The van der Waals surface area contributed by atoms with Gasteiger partial charge in [0.2, 0.25) is 0 Å². The number of nitrogens with one attached hydrogen (secondary N) is 1. The number of fused-ring (bicyclic) bond motifs is 1. The van der Waals surface area contributed by atoms with Crippen molar-refractivity contribution >= 4 is 23.2 Å². The standard InChI is InChI=1S/C29H25NO4/c1-30-28(32)21-15-13-19(14-16-21)18-9-11-20(12-10-18)22-5-4-6-23(17-22)26-27(31)24-7-2-3-8-25(24)34-29(26)33/h2-3,7-17,23,26H,4-6H2,1H3,(H,30,32). The van der Waals surface area contributed by atoms with Crippen molar-refractivity contribution < 1.29 is 19.1 Å². The molecule has 5 heteroatoms. The molecule has 0 radical (unpaired) electrons. The Kier molecular flexibility index (Phi) is 5.84. The number of ether oxygens (including phenoxy) is 1. The number of esters is 1. The summed E-state index contributed by atoms with van der Waals surface area (Å²) in [4.78, 5) is 37.6. The van der Waals surface area contributed by atoms with E-state index >= 15 is 0 Å². The van der Waals surface area contributed by atoms with Gasteiger partial charge in [0.05, 0.1) is 5.56 Å². The van der Waals surface area contributed by atoms with Crippen LogP contribution in [0.25, 0.3) is 16.7 Å². The van der Waals surface area contributed by atoms with Gasteiger partial charge in [-0.3, -0.25) is 14.4 Å². The van der Waals surface area contributed by atoms with Crippen LogP contribution in [0.15, 0.2) is 78.9 Å². The number of carbonyl (C=O) groups is 3. The molecule has 1 N–H and O–H groups in total. The van der Waals surface area contributed by atoms with Gasteiger partial charge in [-0.15, -0.1) is 0 Å². The van der Waals surface area contributed by atoms with Crippen LogP contribution in [-0.4, -0.2) is 24.7 Å². The Balaban J connectivity index is 1.37. The van der Waals surface area contributed by atoms with Crippen molar-refractivity contribution in [1.82, 2.24) is 5.32 Å². The Bertz CT molecular complexity index is 1290. The summed E-state index contributed by atoms with van der Waals surface area (Å²) in [5.74, 6) is -1.32. The second kappa shape index (κ2) is 9.10. The zero-order valence-corrected chi connectivity index (χ0v) is 18.9. The second-order valence-electron chi connectivity index (χ2n) is 8.74. The first kappa shape index (κ1) is 21.8. The molecule has 0 saturated carbocycles. The third kappa shape index (κ3) is 4.05. The molecule has 0 spiro atoms. The topological polar surface area (TPSA) is 72.5 Å². The fourth-order valence-corrected chi connectivity index (χ4v) is 4.87. The van der Waals surface area contributed by atoms with Gasteiger partial charge in [-0.05, 0) is 71.7 Å². The highest BCUT2D eigenvalue weighted by Crippen LogP contribution is 2.39. The van der Waals surface area contributed by atoms with E-state index in [1.165, 1.54) is 0 Å². The fraction of sp³-hybridized carbons (Fsp3) is 0.207. The summed E-state index contributed by atoms with van der Waals surface area (Å²) in [6.45, 7) is 0. The molecule has 1 heterocycles. The van der Waals surface area contributed by atoms with Crippen molar-refractivity contribution in [1.29, 1.82) is 0 Å². The average Bonchev–Trinajstić information content (AvgIpc) is 2.88. The molecule has 1 aliphatic heterocycles. The van der Waals surface area contributed by atoms with Crippen LogP contribution in [0.2, 0.25) is 0 Å². The average molecular weight is 452 g/mol. The first-order valence-corrected chi connectivity index (χ1v) is 11.5. The van der Waals surface area contributed by atoms with Gasteiger partial charge in [-0.1, -0.05) is 54.6 Å². The van der Waals surface area contributed by atoms with Crippen LogP contribution in [0.4, 0.5) is 0 Å². The van der Waals surface area contributed by atoms with Gasteiger partial charge in [0.25, 0.3) is 5.91 Å². The number of hydrogen-bond donors (Lipinski definition) is 1. The van der Waals surface area contributed by atoms with Gasteiger partial charge < -0.3 is 10.1 Å². The Labute approximate surface area is 198 Å². The van der Waals surface area contributed by atoms with Crippen molar-refractivity contribution in [2.75, 3.05) is 7.05 Å². The zero-order valence-electron chi connectivity index (χ0n) is 18.9. The Morgan fingerprint density at radius 3 is 2.24 bits per heavy atom. The van der Waals surface area contributed by atoms with E-state index in [1.807, 2.05) is 24.3 Å². The van der Waals surface area contributed by atoms with E-state index < -0.39 is 11.9 Å². The van der Waals surface area contributed by atoms with Crippen LogP contribution in [-0.2, 0) is 4.79 Å². The number of ketones is 1. The summed E-state index contributed by atoms with van der Waals surface area (Å²) >= 11 is 0. The van der Waals surface area contributed by atoms with Crippen molar-refractivity contribution in [3.05, 3.63) is 95.6 Å². The van der Waals surface area contributed by atoms with Crippen molar-refractivity contribution in [3.63, 3.8) is 0 Å². The SMILES string of the molecule is CNC(=O)c1ccc(-c2ccc(C3=CC(C4C(=O)Oc5ccccc5C4=O)CCC3)cc2)cc1. The van der Waals surface area contributed by atoms with Gasteiger partial charge in [-0.25, -0.2) is 0 Å². The molecular weight excluding hydrogens is 426 g/mol. The lowest BCUT2D eigenvalue weighted by Crippen LogP contribution is -2.38. The summed E-state index contributed by atoms with van der Waals surface area (Å²) in [5.41, 5.74) is 5.44. The number of Topliss-reactive ketones (excluding diaryl/α,β-unsaturated/α-hetero) is 1. The van der Waals surface area contributed by atoms with Crippen LogP contribution < -0.4 is 10.1 Å². The van der Waals surface area contributed by atoms with Crippen LogP contribution in [0.5, 0.6) is 5.75 Å². The molecule has 5 rings (SSSR count). The molecular formula is C29H25NO4. The highest BCUT2D eigenvalue weighted by atomic mass is 16.5. The lowest BCUT2D eigenvalue weighted by atomic mass is 9.76. The third-order valence-electron chi connectivity index (χ3n) is 6.69. The van der Waals surface area contributed by atoms with E-state index in [9.17, 15) is 14.4 Å².